The maximum atomic E-state index is 14.1. The lowest BCUT2D eigenvalue weighted by Crippen LogP contribution is -2.60. The Bertz CT molecular complexity index is 851. The molecule has 3 rings (SSSR count). The molecule has 3 fully saturated rings. The van der Waals surface area contributed by atoms with Crippen molar-refractivity contribution < 1.29 is 29.0 Å². The van der Waals surface area contributed by atoms with Crippen LogP contribution in [-0.2, 0) is 23.9 Å². The van der Waals surface area contributed by atoms with Gasteiger partial charge in [0.25, 0.3) is 0 Å². The molecule has 3 aliphatic rings. The minimum atomic E-state index is -1.15. The molecule has 8 nitrogen and oxygen atoms in total. The summed E-state index contributed by atoms with van der Waals surface area (Å²) in [6, 6.07) is -0.931. The highest BCUT2D eigenvalue weighted by Crippen LogP contribution is 2.65. The standard InChI is InChI=1S/C26H40N2O6/c1-8-10-11-15-33-23(32)19-18-21(30)27(13-14-29)20(22(31)28(12-9-2)24(4,5)6)26(18)16-17(3)25(19,7)34-26/h8-9,17-20,29H,1-2,10-16H2,3-7H3/t17?,18-,19-,20?,25+,26?/m0/s1. The number of rotatable bonds is 10. The zero-order valence-corrected chi connectivity index (χ0v) is 21.2. The highest BCUT2D eigenvalue weighted by atomic mass is 16.6. The summed E-state index contributed by atoms with van der Waals surface area (Å²) in [5, 5.41) is 9.75. The SMILES string of the molecule is C=CCCCOC(=O)[C@@H]1[C@H]2C(=O)N(CCO)C(C(=O)N(CC=C)C(C)(C)C)C23CC(C)[C@@]1(C)O3. The number of aliphatic hydroxyl groups excluding tert-OH is 1. The Kier molecular flexibility index (Phi) is 7.35. The third-order valence-electron chi connectivity index (χ3n) is 7.83. The van der Waals surface area contributed by atoms with E-state index in [4.69, 9.17) is 9.47 Å². The predicted octanol–water partition coefficient (Wildman–Crippen LogP) is 2.31. The van der Waals surface area contributed by atoms with Gasteiger partial charge in [0.05, 0.1) is 24.7 Å². The molecule has 3 unspecified atom stereocenters. The number of amides is 2. The van der Waals surface area contributed by atoms with Gasteiger partial charge in [0.1, 0.15) is 17.6 Å². The molecule has 0 aromatic carbocycles. The van der Waals surface area contributed by atoms with Gasteiger partial charge >= 0.3 is 5.97 Å². The van der Waals surface area contributed by atoms with Crippen molar-refractivity contribution in [2.75, 3.05) is 26.3 Å². The van der Waals surface area contributed by atoms with Crippen LogP contribution in [0.1, 0.15) is 53.9 Å². The Balaban J connectivity index is 2.04. The number of β-amino-alcohol motifs (C(OH)–C–C–N with tert-alkyl or cyclic N) is 1. The second kappa shape index (κ2) is 9.46. The van der Waals surface area contributed by atoms with Crippen molar-refractivity contribution in [3.05, 3.63) is 25.3 Å². The molecule has 0 saturated carbocycles. The van der Waals surface area contributed by atoms with Crippen LogP contribution < -0.4 is 0 Å². The zero-order chi connectivity index (χ0) is 25.5. The first-order valence-corrected chi connectivity index (χ1v) is 12.2. The lowest BCUT2D eigenvalue weighted by molar-refractivity contribution is -0.163. The molecule has 0 aromatic rings. The molecule has 3 aliphatic heterocycles. The molecule has 34 heavy (non-hydrogen) atoms. The smallest absolute Gasteiger partial charge is 0.312 e. The van der Waals surface area contributed by atoms with Crippen LogP contribution in [0.3, 0.4) is 0 Å². The monoisotopic (exact) mass is 476 g/mol. The van der Waals surface area contributed by atoms with Gasteiger partial charge in [0, 0.05) is 18.6 Å². The van der Waals surface area contributed by atoms with Crippen molar-refractivity contribution in [3.63, 3.8) is 0 Å². The van der Waals surface area contributed by atoms with Gasteiger partial charge in [0.15, 0.2) is 0 Å². The summed E-state index contributed by atoms with van der Waals surface area (Å²) in [5.74, 6) is -2.75. The van der Waals surface area contributed by atoms with Gasteiger partial charge in [-0.15, -0.1) is 13.2 Å². The maximum absolute atomic E-state index is 14.1. The summed E-state index contributed by atoms with van der Waals surface area (Å²) in [6.45, 7) is 17.4. The lowest BCUT2D eigenvalue weighted by Gasteiger charge is -2.42. The number of allylic oxidation sites excluding steroid dienone is 1. The third kappa shape index (κ3) is 3.98. The van der Waals surface area contributed by atoms with Crippen LogP contribution in [0.4, 0.5) is 0 Å². The number of nitrogens with zero attached hydrogens (tertiary/aromatic N) is 2. The highest BCUT2D eigenvalue weighted by molar-refractivity contribution is 5.98. The van der Waals surface area contributed by atoms with Crippen molar-refractivity contribution in [2.45, 2.75) is 76.7 Å². The largest absolute Gasteiger partial charge is 0.465 e. The Morgan fingerprint density at radius 3 is 2.56 bits per heavy atom. The minimum Gasteiger partial charge on any atom is -0.465 e. The van der Waals surface area contributed by atoms with Gasteiger partial charge in [0.2, 0.25) is 11.8 Å². The van der Waals surface area contributed by atoms with Crippen molar-refractivity contribution in [3.8, 4) is 0 Å². The Labute approximate surface area is 202 Å². The zero-order valence-electron chi connectivity index (χ0n) is 21.2. The van der Waals surface area contributed by atoms with Crippen LogP contribution in [0.15, 0.2) is 25.3 Å². The van der Waals surface area contributed by atoms with Crippen molar-refractivity contribution in [1.82, 2.24) is 9.80 Å². The Morgan fingerprint density at radius 2 is 2.00 bits per heavy atom. The predicted molar refractivity (Wildman–Crippen MR) is 128 cm³/mol. The van der Waals surface area contributed by atoms with Crippen LogP contribution in [0, 0.1) is 17.8 Å². The molecule has 2 bridgehead atoms. The topological polar surface area (TPSA) is 96.4 Å². The van der Waals surface area contributed by atoms with Crippen LogP contribution in [0.2, 0.25) is 0 Å². The van der Waals surface area contributed by atoms with E-state index >= 15 is 0 Å². The van der Waals surface area contributed by atoms with E-state index in [9.17, 15) is 19.5 Å². The second-order valence-corrected chi connectivity index (χ2v) is 11.0. The van der Waals surface area contributed by atoms with E-state index in [1.807, 2.05) is 34.6 Å². The van der Waals surface area contributed by atoms with E-state index < -0.39 is 40.6 Å². The first kappa shape index (κ1) is 26.4. The average Bonchev–Trinajstić information content (AvgIpc) is 3.26. The Morgan fingerprint density at radius 1 is 1.32 bits per heavy atom. The summed E-state index contributed by atoms with van der Waals surface area (Å²) >= 11 is 0. The number of fused-ring (bicyclic) bond motifs is 1. The number of aliphatic hydroxyl groups is 1. The Hall–Kier alpha value is -2.19. The summed E-state index contributed by atoms with van der Waals surface area (Å²) in [6.07, 6.45) is 5.27. The van der Waals surface area contributed by atoms with E-state index in [1.165, 1.54) is 4.90 Å². The number of likely N-dealkylation sites (tertiary alicyclic amines) is 1. The molecule has 8 heteroatoms. The molecule has 0 aliphatic carbocycles. The molecule has 1 N–H and O–H groups in total. The number of hydrogen-bond acceptors (Lipinski definition) is 6. The van der Waals surface area contributed by atoms with E-state index in [1.54, 1.807) is 17.1 Å². The van der Waals surface area contributed by atoms with E-state index in [-0.39, 0.29) is 37.5 Å². The minimum absolute atomic E-state index is 0.00484. The fourth-order valence-corrected chi connectivity index (χ4v) is 6.19. The van der Waals surface area contributed by atoms with E-state index in [0.717, 1.165) is 6.42 Å². The summed E-state index contributed by atoms with van der Waals surface area (Å²) in [4.78, 5) is 44.3. The molecule has 1 spiro atoms. The van der Waals surface area contributed by atoms with Crippen LogP contribution >= 0.6 is 0 Å². The number of unbranched alkanes of at least 4 members (excludes halogenated alkanes) is 1. The normalized spacial score (nSPS) is 34.2. The average molecular weight is 477 g/mol. The summed E-state index contributed by atoms with van der Waals surface area (Å²) < 4.78 is 12.2. The van der Waals surface area contributed by atoms with Gasteiger partial charge < -0.3 is 24.4 Å². The fourth-order valence-electron chi connectivity index (χ4n) is 6.19. The molecule has 3 heterocycles. The van der Waals surface area contributed by atoms with Gasteiger partial charge in [-0.25, -0.2) is 0 Å². The summed E-state index contributed by atoms with van der Waals surface area (Å²) in [5.41, 5.74) is -2.58. The first-order valence-electron chi connectivity index (χ1n) is 12.2. The van der Waals surface area contributed by atoms with Crippen LogP contribution in [0.25, 0.3) is 0 Å². The second-order valence-electron chi connectivity index (χ2n) is 11.0. The van der Waals surface area contributed by atoms with Gasteiger partial charge in [-0.2, -0.15) is 0 Å². The molecule has 6 atom stereocenters. The quantitative estimate of drug-likeness (QED) is 0.295. The molecule has 2 amide bonds. The highest BCUT2D eigenvalue weighted by Gasteiger charge is 2.80. The van der Waals surface area contributed by atoms with Gasteiger partial charge in [-0.3, -0.25) is 14.4 Å². The first-order chi connectivity index (χ1) is 15.9. The molecule has 3 saturated heterocycles. The molecular weight excluding hydrogens is 436 g/mol. The molecule has 190 valence electrons. The van der Waals surface area contributed by atoms with Gasteiger partial charge in [-0.1, -0.05) is 19.1 Å². The van der Waals surface area contributed by atoms with E-state index in [2.05, 4.69) is 13.2 Å². The number of ether oxygens (including phenoxy) is 2. The van der Waals surface area contributed by atoms with Crippen LogP contribution in [0.5, 0.6) is 0 Å². The van der Waals surface area contributed by atoms with E-state index in [0.29, 0.717) is 19.4 Å². The maximum Gasteiger partial charge on any atom is 0.312 e. The van der Waals surface area contributed by atoms with Crippen molar-refractivity contribution in [1.29, 1.82) is 0 Å². The van der Waals surface area contributed by atoms with Gasteiger partial charge in [-0.05, 0) is 52.9 Å². The van der Waals surface area contributed by atoms with Crippen molar-refractivity contribution >= 4 is 17.8 Å². The molecular formula is C26H40N2O6. The summed E-state index contributed by atoms with van der Waals surface area (Å²) in [7, 11) is 0. The third-order valence-corrected chi connectivity index (χ3v) is 7.83. The molecule has 0 aromatic heterocycles. The van der Waals surface area contributed by atoms with Crippen molar-refractivity contribution in [2.24, 2.45) is 17.8 Å². The number of carbonyl (C=O) groups is 3. The van der Waals surface area contributed by atoms with Crippen LogP contribution in [-0.4, -0.2) is 81.8 Å². The molecule has 0 radical (unpaired) electrons. The fraction of sp³-hybridized carbons (Fsp3) is 0.731. The number of carbonyl (C=O) groups excluding carboxylic acids is 3. The lowest BCUT2D eigenvalue weighted by atomic mass is 9.62. The number of esters is 1. The number of hydrogen-bond donors (Lipinski definition) is 1.